The molecule has 0 unspecified atom stereocenters. The van der Waals surface area contributed by atoms with Gasteiger partial charge in [0.15, 0.2) is 0 Å². The van der Waals surface area contributed by atoms with Crippen molar-refractivity contribution < 1.29 is 9.53 Å². The van der Waals surface area contributed by atoms with E-state index < -0.39 is 0 Å². The molecule has 0 bridgehead atoms. The largest absolute Gasteiger partial charge is 0.437 e. The Morgan fingerprint density at radius 3 is 2.48 bits per heavy atom. The molecule has 0 radical (unpaired) electrons. The third-order valence-electron chi connectivity index (χ3n) is 3.99. The van der Waals surface area contributed by atoms with Crippen molar-refractivity contribution in [2.45, 2.75) is 32.1 Å². The van der Waals surface area contributed by atoms with Crippen molar-refractivity contribution in [3.8, 4) is 11.6 Å². The summed E-state index contributed by atoms with van der Waals surface area (Å²) in [5.41, 5.74) is 0.511. The van der Waals surface area contributed by atoms with Crippen LogP contribution >= 0.6 is 0 Å². The summed E-state index contributed by atoms with van der Waals surface area (Å²) in [6.45, 7) is 1.61. The van der Waals surface area contributed by atoms with Crippen molar-refractivity contribution in [1.29, 1.82) is 0 Å². The van der Waals surface area contributed by atoms with Gasteiger partial charge in [-0.25, -0.2) is 4.98 Å². The van der Waals surface area contributed by atoms with Crippen molar-refractivity contribution in [2.75, 3.05) is 13.1 Å². The predicted octanol–water partition coefficient (Wildman–Crippen LogP) is 3.68. The average molecular weight is 311 g/mol. The molecule has 1 saturated heterocycles. The molecule has 0 atom stereocenters. The number of nitrogens with zero attached hydrogens (tertiary/aromatic N) is 3. The van der Waals surface area contributed by atoms with Crippen LogP contribution in [-0.2, 0) is 0 Å². The summed E-state index contributed by atoms with van der Waals surface area (Å²) in [6, 6.07) is 7.14. The van der Waals surface area contributed by atoms with Gasteiger partial charge in [0.05, 0.1) is 6.20 Å². The molecule has 120 valence electrons. The molecule has 1 aliphatic rings. The van der Waals surface area contributed by atoms with Crippen molar-refractivity contribution >= 4 is 5.91 Å². The number of carbonyl (C=O) groups is 1. The van der Waals surface area contributed by atoms with E-state index in [2.05, 4.69) is 9.97 Å². The summed E-state index contributed by atoms with van der Waals surface area (Å²) >= 11 is 0. The Morgan fingerprint density at radius 1 is 1.00 bits per heavy atom. The minimum absolute atomic E-state index is 0.00103. The van der Waals surface area contributed by atoms with Gasteiger partial charge in [0, 0.05) is 25.5 Å². The minimum atomic E-state index is -0.00103. The molecular weight excluding hydrogens is 290 g/mol. The van der Waals surface area contributed by atoms with Crippen LogP contribution in [0.5, 0.6) is 11.6 Å². The molecule has 5 nitrogen and oxygen atoms in total. The molecule has 3 heterocycles. The maximum Gasteiger partial charge on any atom is 0.259 e. The molecule has 23 heavy (non-hydrogen) atoms. The van der Waals surface area contributed by atoms with E-state index in [4.69, 9.17) is 4.74 Å². The second kappa shape index (κ2) is 7.72. The van der Waals surface area contributed by atoms with E-state index in [-0.39, 0.29) is 5.91 Å². The zero-order chi connectivity index (χ0) is 15.9. The van der Waals surface area contributed by atoms with Gasteiger partial charge < -0.3 is 9.64 Å². The lowest BCUT2D eigenvalue weighted by Gasteiger charge is -2.25. The Morgan fingerprint density at radius 2 is 1.74 bits per heavy atom. The maximum absolute atomic E-state index is 12.9. The molecule has 0 aliphatic carbocycles. The molecule has 2 aromatic heterocycles. The van der Waals surface area contributed by atoms with Crippen LogP contribution in [0.25, 0.3) is 0 Å². The Hall–Kier alpha value is -2.43. The van der Waals surface area contributed by atoms with Crippen molar-refractivity contribution in [3.05, 3.63) is 48.4 Å². The summed E-state index contributed by atoms with van der Waals surface area (Å²) < 4.78 is 5.76. The predicted molar refractivity (Wildman–Crippen MR) is 87.5 cm³/mol. The Bertz CT molecular complexity index is 638. The molecule has 0 aromatic carbocycles. The second-order valence-electron chi connectivity index (χ2n) is 5.71. The topological polar surface area (TPSA) is 55.3 Å². The lowest BCUT2D eigenvalue weighted by atomic mass is 10.1. The number of aromatic nitrogens is 2. The van der Waals surface area contributed by atoms with Crippen LogP contribution < -0.4 is 4.74 Å². The summed E-state index contributed by atoms with van der Waals surface area (Å²) in [4.78, 5) is 23.0. The fourth-order valence-corrected chi connectivity index (χ4v) is 2.77. The normalized spacial score (nSPS) is 15.6. The van der Waals surface area contributed by atoms with Crippen molar-refractivity contribution in [2.24, 2.45) is 0 Å². The molecule has 0 saturated carbocycles. The highest BCUT2D eigenvalue weighted by Gasteiger charge is 2.21. The SMILES string of the molecule is O=C(c1cccnc1Oc1cccnc1)N1CCCCCCC1. The van der Waals surface area contributed by atoms with Gasteiger partial charge in [0.2, 0.25) is 5.88 Å². The fourth-order valence-electron chi connectivity index (χ4n) is 2.77. The summed E-state index contributed by atoms with van der Waals surface area (Å²) in [5.74, 6) is 0.916. The molecule has 0 N–H and O–H groups in total. The Kier molecular flexibility index (Phi) is 5.19. The Balaban J connectivity index is 1.79. The van der Waals surface area contributed by atoms with Gasteiger partial charge in [0.25, 0.3) is 5.91 Å². The van der Waals surface area contributed by atoms with Crippen LogP contribution in [0.15, 0.2) is 42.9 Å². The van der Waals surface area contributed by atoms with Gasteiger partial charge >= 0.3 is 0 Å². The number of likely N-dealkylation sites (tertiary alicyclic amines) is 1. The monoisotopic (exact) mass is 311 g/mol. The Labute approximate surface area is 136 Å². The molecule has 3 rings (SSSR count). The smallest absolute Gasteiger partial charge is 0.259 e. The minimum Gasteiger partial charge on any atom is -0.437 e. The summed E-state index contributed by atoms with van der Waals surface area (Å²) in [7, 11) is 0. The molecule has 2 aromatic rings. The molecule has 5 heteroatoms. The summed E-state index contributed by atoms with van der Waals surface area (Å²) in [5, 5.41) is 0. The zero-order valence-electron chi connectivity index (χ0n) is 13.1. The van der Waals surface area contributed by atoms with Crippen LogP contribution in [0, 0.1) is 0 Å². The maximum atomic E-state index is 12.9. The van der Waals surface area contributed by atoms with Gasteiger partial charge in [-0.3, -0.25) is 9.78 Å². The third kappa shape index (κ3) is 4.06. The van der Waals surface area contributed by atoms with Crippen molar-refractivity contribution in [1.82, 2.24) is 14.9 Å². The van der Waals surface area contributed by atoms with Crippen LogP contribution in [0.1, 0.15) is 42.5 Å². The number of hydrogen-bond acceptors (Lipinski definition) is 4. The van der Waals surface area contributed by atoms with E-state index in [9.17, 15) is 4.79 Å². The zero-order valence-corrected chi connectivity index (χ0v) is 13.1. The lowest BCUT2D eigenvalue weighted by Crippen LogP contribution is -2.34. The number of rotatable bonds is 3. The number of amides is 1. The van der Waals surface area contributed by atoms with Crippen LogP contribution in [0.3, 0.4) is 0 Å². The molecular formula is C18H21N3O2. The number of carbonyl (C=O) groups excluding carboxylic acids is 1. The lowest BCUT2D eigenvalue weighted by molar-refractivity contribution is 0.0739. The van der Waals surface area contributed by atoms with Gasteiger partial charge in [-0.1, -0.05) is 19.3 Å². The van der Waals surface area contributed by atoms with Gasteiger partial charge in [0.1, 0.15) is 11.3 Å². The van der Waals surface area contributed by atoms with E-state index in [1.165, 1.54) is 19.3 Å². The standard InChI is InChI=1S/C18H21N3O2/c22-18(21-12-4-2-1-3-5-13-21)16-9-7-11-20-17(16)23-15-8-6-10-19-14-15/h6-11,14H,1-5,12-13H2. The fraction of sp³-hybridized carbons (Fsp3) is 0.389. The molecule has 1 aliphatic heterocycles. The van der Waals surface area contributed by atoms with E-state index in [1.54, 1.807) is 42.9 Å². The molecule has 1 amide bonds. The van der Waals surface area contributed by atoms with E-state index in [0.717, 1.165) is 25.9 Å². The van der Waals surface area contributed by atoms with Crippen LogP contribution in [-0.4, -0.2) is 33.9 Å². The quantitative estimate of drug-likeness (QED) is 0.867. The van der Waals surface area contributed by atoms with Crippen molar-refractivity contribution in [3.63, 3.8) is 0 Å². The van der Waals surface area contributed by atoms with E-state index in [1.807, 2.05) is 4.90 Å². The highest BCUT2D eigenvalue weighted by molar-refractivity contribution is 5.96. The highest BCUT2D eigenvalue weighted by atomic mass is 16.5. The second-order valence-corrected chi connectivity index (χ2v) is 5.71. The first-order valence-electron chi connectivity index (χ1n) is 8.17. The third-order valence-corrected chi connectivity index (χ3v) is 3.99. The summed E-state index contributed by atoms with van der Waals surface area (Å²) in [6.07, 6.45) is 10.7. The number of hydrogen-bond donors (Lipinski definition) is 0. The number of ether oxygens (including phenoxy) is 1. The van der Waals surface area contributed by atoms with E-state index in [0.29, 0.717) is 17.2 Å². The van der Waals surface area contributed by atoms with Gasteiger partial charge in [-0.2, -0.15) is 0 Å². The first-order chi connectivity index (χ1) is 11.3. The van der Waals surface area contributed by atoms with E-state index >= 15 is 0 Å². The first kappa shape index (κ1) is 15.5. The van der Waals surface area contributed by atoms with Crippen LogP contribution in [0.2, 0.25) is 0 Å². The van der Waals surface area contributed by atoms with Gasteiger partial charge in [-0.05, 0) is 37.1 Å². The van der Waals surface area contributed by atoms with Crippen LogP contribution in [0.4, 0.5) is 0 Å². The molecule has 1 fully saturated rings. The first-order valence-corrected chi connectivity index (χ1v) is 8.17. The average Bonchev–Trinajstić information content (AvgIpc) is 2.55. The highest BCUT2D eigenvalue weighted by Crippen LogP contribution is 2.24. The molecule has 0 spiro atoms. The number of pyridine rings is 2. The van der Waals surface area contributed by atoms with Gasteiger partial charge in [-0.15, -0.1) is 0 Å².